The fourth-order valence-corrected chi connectivity index (χ4v) is 2.19. The minimum atomic E-state index is 0.211. The number of hydrogen-bond acceptors (Lipinski definition) is 2. The molecular weight excluding hydrogens is 208 g/mol. The van der Waals surface area contributed by atoms with E-state index in [1.807, 2.05) is 18.2 Å². The van der Waals surface area contributed by atoms with Gasteiger partial charge in [-0.05, 0) is 26.0 Å². The van der Waals surface area contributed by atoms with Crippen molar-refractivity contribution < 1.29 is 0 Å². The summed E-state index contributed by atoms with van der Waals surface area (Å²) in [7, 11) is 2.12. The molecule has 0 saturated heterocycles. The topological polar surface area (TPSA) is 27.0 Å². The zero-order valence-corrected chi connectivity index (χ0v) is 11.1. The van der Waals surface area contributed by atoms with Crippen molar-refractivity contribution in [3.8, 4) is 6.07 Å². The second-order valence-corrected chi connectivity index (χ2v) is 4.59. The molecule has 2 unspecified atom stereocenters. The molecule has 0 fully saturated rings. The van der Waals surface area contributed by atoms with E-state index >= 15 is 0 Å². The smallest absolute Gasteiger partial charge is 0.0641 e. The van der Waals surface area contributed by atoms with Crippen LogP contribution in [0.15, 0.2) is 30.3 Å². The Labute approximate surface area is 105 Å². The van der Waals surface area contributed by atoms with Gasteiger partial charge in [-0.25, -0.2) is 0 Å². The average Bonchev–Trinajstić information content (AvgIpc) is 2.36. The molecule has 17 heavy (non-hydrogen) atoms. The van der Waals surface area contributed by atoms with Gasteiger partial charge in [0.05, 0.1) is 12.5 Å². The third-order valence-electron chi connectivity index (χ3n) is 3.36. The highest BCUT2D eigenvalue weighted by atomic mass is 15.2. The van der Waals surface area contributed by atoms with Crippen molar-refractivity contribution in [2.75, 3.05) is 7.05 Å². The standard InChI is InChI=1S/C15H22N2/c1-4-8-13(2)17(3)15(11-12-16)14-9-6-5-7-10-14/h5-7,9-10,13,15H,4,8,11H2,1-3H3. The predicted molar refractivity (Wildman–Crippen MR) is 71.5 cm³/mol. The molecule has 0 spiro atoms. The molecule has 2 heteroatoms. The van der Waals surface area contributed by atoms with E-state index in [9.17, 15) is 0 Å². The van der Waals surface area contributed by atoms with Gasteiger partial charge in [0.2, 0.25) is 0 Å². The molecule has 0 amide bonds. The first-order valence-electron chi connectivity index (χ1n) is 6.34. The van der Waals surface area contributed by atoms with Crippen molar-refractivity contribution >= 4 is 0 Å². The highest BCUT2D eigenvalue weighted by Gasteiger charge is 2.20. The van der Waals surface area contributed by atoms with Crippen LogP contribution in [0.25, 0.3) is 0 Å². The summed E-state index contributed by atoms with van der Waals surface area (Å²) >= 11 is 0. The van der Waals surface area contributed by atoms with Crippen LogP contribution in [-0.2, 0) is 0 Å². The Morgan fingerprint density at radius 1 is 1.29 bits per heavy atom. The zero-order valence-electron chi connectivity index (χ0n) is 11.1. The zero-order chi connectivity index (χ0) is 12.7. The second kappa shape index (κ2) is 7.09. The van der Waals surface area contributed by atoms with E-state index in [-0.39, 0.29) is 6.04 Å². The van der Waals surface area contributed by atoms with Crippen molar-refractivity contribution in [2.24, 2.45) is 0 Å². The summed E-state index contributed by atoms with van der Waals surface area (Å²) in [6.45, 7) is 4.43. The summed E-state index contributed by atoms with van der Waals surface area (Å²) < 4.78 is 0. The molecule has 0 aliphatic carbocycles. The lowest BCUT2D eigenvalue weighted by atomic mass is 10.0. The lowest BCUT2D eigenvalue weighted by Crippen LogP contribution is -2.32. The summed E-state index contributed by atoms with van der Waals surface area (Å²) in [4.78, 5) is 2.32. The van der Waals surface area contributed by atoms with E-state index in [4.69, 9.17) is 5.26 Å². The summed E-state index contributed by atoms with van der Waals surface area (Å²) in [5, 5.41) is 8.98. The first-order valence-corrected chi connectivity index (χ1v) is 6.34. The van der Waals surface area contributed by atoms with Gasteiger partial charge in [-0.3, -0.25) is 4.90 Å². The second-order valence-electron chi connectivity index (χ2n) is 4.59. The quantitative estimate of drug-likeness (QED) is 0.744. The molecule has 92 valence electrons. The van der Waals surface area contributed by atoms with Crippen LogP contribution in [0, 0.1) is 11.3 Å². The van der Waals surface area contributed by atoms with E-state index in [1.165, 1.54) is 18.4 Å². The monoisotopic (exact) mass is 230 g/mol. The number of benzene rings is 1. The van der Waals surface area contributed by atoms with Gasteiger partial charge in [-0.1, -0.05) is 43.7 Å². The van der Waals surface area contributed by atoms with Gasteiger partial charge in [0, 0.05) is 12.1 Å². The minimum absolute atomic E-state index is 0.211. The van der Waals surface area contributed by atoms with E-state index < -0.39 is 0 Å². The molecule has 0 N–H and O–H groups in total. The van der Waals surface area contributed by atoms with Crippen LogP contribution >= 0.6 is 0 Å². The maximum atomic E-state index is 8.98. The van der Waals surface area contributed by atoms with Gasteiger partial charge in [-0.15, -0.1) is 0 Å². The van der Waals surface area contributed by atoms with E-state index in [2.05, 4.69) is 44.0 Å². The normalized spacial score (nSPS) is 14.3. The van der Waals surface area contributed by atoms with Crippen LogP contribution in [-0.4, -0.2) is 18.0 Å². The van der Waals surface area contributed by atoms with Gasteiger partial charge in [0.25, 0.3) is 0 Å². The largest absolute Gasteiger partial charge is 0.296 e. The first-order chi connectivity index (χ1) is 8.20. The van der Waals surface area contributed by atoms with Gasteiger partial charge < -0.3 is 0 Å². The summed E-state index contributed by atoms with van der Waals surface area (Å²) in [6.07, 6.45) is 2.90. The molecule has 1 aromatic rings. The number of nitriles is 1. The van der Waals surface area contributed by atoms with Crippen molar-refractivity contribution in [3.63, 3.8) is 0 Å². The summed E-state index contributed by atoms with van der Waals surface area (Å²) in [6, 6.07) is 13.3. The van der Waals surface area contributed by atoms with Crippen molar-refractivity contribution in [1.29, 1.82) is 5.26 Å². The lowest BCUT2D eigenvalue weighted by Gasteiger charge is -2.32. The van der Waals surface area contributed by atoms with Crippen LogP contribution in [0.2, 0.25) is 0 Å². The Kier molecular flexibility index (Phi) is 5.72. The molecule has 1 rings (SSSR count). The van der Waals surface area contributed by atoms with Gasteiger partial charge in [-0.2, -0.15) is 5.26 Å². The lowest BCUT2D eigenvalue weighted by molar-refractivity contribution is 0.177. The fraction of sp³-hybridized carbons (Fsp3) is 0.533. The van der Waals surface area contributed by atoms with E-state index in [0.717, 1.165) is 0 Å². The third-order valence-corrected chi connectivity index (χ3v) is 3.36. The molecule has 0 saturated carbocycles. The maximum absolute atomic E-state index is 8.98. The molecule has 0 aliphatic heterocycles. The van der Waals surface area contributed by atoms with Crippen LogP contribution in [0.4, 0.5) is 0 Å². The SMILES string of the molecule is CCCC(C)N(C)C(CC#N)c1ccccc1. The van der Waals surface area contributed by atoms with E-state index in [0.29, 0.717) is 12.5 Å². The maximum Gasteiger partial charge on any atom is 0.0641 e. The summed E-state index contributed by atoms with van der Waals surface area (Å²) in [5.41, 5.74) is 1.24. The first kappa shape index (κ1) is 13.7. The van der Waals surface area contributed by atoms with Crippen LogP contribution in [0.3, 0.4) is 0 Å². The molecule has 1 aromatic carbocycles. The molecule has 2 atom stereocenters. The van der Waals surface area contributed by atoms with Crippen molar-refractivity contribution in [3.05, 3.63) is 35.9 Å². The van der Waals surface area contributed by atoms with Crippen molar-refractivity contribution in [1.82, 2.24) is 4.90 Å². The molecule has 0 bridgehead atoms. The van der Waals surface area contributed by atoms with Gasteiger partial charge in [0.1, 0.15) is 0 Å². The number of rotatable bonds is 6. The van der Waals surface area contributed by atoms with Crippen LogP contribution < -0.4 is 0 Å². The minimum Gasteiger partial charge on any atom is -0.296 e. The number of hydrogen-bond donors (Lipinski definition) is 0. The molecule has 0 radical (unpaired) electrons. The van der Waals surface area contributed by atoms with Gasteiger partial charge >= 0.3 is 0 Å². The summed E-state index contributed by atoms with van der Waals surface area (Å²) in [5.74, 6) is 0. The Hall–Kier alpha value is -1.33. The molecule has 0 aromatic heterocycles. The van der Waals surface area contributed by atoms with Crippen molar-refractivity contribution in [2.45, 2.75) is 45.2 Å². The number of nitrogens with zero attached hydrogens (tertiary/aromatic N) is 2. The fourth-order valence-electron chi connectivity index (χ4n) is 2.19. The Balaban J connectivity index is 2.83. The Bertz CT molecular complexity index is 353. The highest BCUT2D eigenvalue weighted by Crippen LogP contribution is 2.25. The van der Waals surface area contributed by atoms with Crippen LogP contribution in [0.1, 0.15) is 44.7 Å². The van der Waals surface area contributed by atoms with E-state index in [1.54, 1.807) is 0 Å². The Morgan fingerprint density at radius 2 is 1.94 bits per heavy atom. The van der Waals surface area contributed by atoms with Gasteiger partial charge in [0.15, 0.2) is 0 Å². The third kappa shape index (κ3) is 3.87. The molecular formula is C15H22N2. The molecule has 0 heterocycles. The van der Waals surface area contributed by atoms with Crippen LogP contribution in [0.5, 0.6) is 0 Å². The Morgan fingerprint density at radius 3 is 2.47 bits per heavy atom. The average molecular weight is 230 g/mol. The highest BCUT2D eigenvalue weighted by molar-refractivity contribution is 5.20. The predicted octanol–water partition coefficient (Wildman–Crippen LogP) is 3.76. The molecule has 0 aliphatic rings. The molecule has 2 nitrogen and oxygen atoms in total.